The number of nitrogens with zero attached hydrogens (tertiary/aromatic N) is 1. The van der Waals surface area contributed by atoms with Crippen molar-refractivity contribution in [1.29, 1.82) is 0 Å². The highest BCUT2D eigenvalue weighted by Gasteiger charge is 2.44. The first-order chi connectivity index (χ1) is 18.4. The van der Waals surface area contributed by atoms with Gasteiger partial charge >= 0.3 is 6.03 Å². The predicted octanol–water partition coefficient (Wildman–Crippen LogP) is 1.50. The van der Waals surface area contributed by atoms with Crippen molar-refractivity contribution in [2.75, 3.05) is 26.3 Å². The Hall–Kier alpha value is -3.02. The van der Waals surface area contributed by atoms with Gasteiger partial charge in [0.15, 0.2) is 5.78 Å². The van der Waals surface area contributed by atoms with Gasteiger partial charge in [-0.3, -0.25) is 28.9 Å². The van der Waals surface area contributed by atoms with Crippen LogP contribution >= 0.6 is 0 Å². The molecular formula is C28H49N5O7. The summed E-state index contributed by atoms with van der Waals surface area (Å²) >= 11 is 0. The van der Waals surface area contributed by atoms with Crippen LogP contribution in [0, 0.1) is 22.7 Å². The number of ether oxygens (including phenoxy) is 1. The smallest absolute Gasteiger partial charge is 0.312 e. The van der Waals surface area contributed by atoms with Crippen molar-refractivity contribution in [1.82, 2.24) is 20.9 Å². The second kappa shape index (κ2) is 15.1. The molecule has 1 aliphatic heterocycles. The van der Waals surface area contributed by atoms with Crippen LogP contribution in [0.2, 0.25) is 0 Å². The predicted molar refractivity (Wildman–Crippen MR) is 150 cm³/mol. The van der Waals surface area contributed by atoms with Gasteiger partial charge in [0.1, 0.15) is 6.04 Å². The van der Waals surface area contributed by atoms with Gasteiger partial charge in [-0.1, -0.05) is 55.4 Å². The van der Waals surface area contributed by atoms with E-state index in [-0.39, 0.29) is 74.0 Å². The average molecular weight is 568 g/mol. The van der Waals surface area contributed by atoms with Crippen LogP contribution in [0.5, 0.6) is 0 Å². The molecule has 0 aliphatic carbocycles. The third kappa shape index (κ3) is 11.2. The molecule has 0 saturated carbocycles. The maximum atomic E-state index is 13.1. The number of hydrogen-bond acceptors (Lipinski definition) is 7. The van der Waals surface area contributed by atoms with E-state index in [0.29, 0.717) is 12.8 Å². The second-order valence-electron chi connectivity index (χ2n) is 12.8. The Bertz CT molecular complexity index is 936. The molecule has 0 aromatic heterocycles. The quantitative estimate of drug-likeness (QED) is 0.171. The fraction of sp³-hybridized carbons (Fsp3) is 0.786. The van der Waals surface area contributed by atoms with Crippen molar-refractivity contribution in [3.63, 3.8) is 0 Å². The summed E-state index contributed by atoms with van der Waals surface area (Å²) in [5.74, 6) is -2.06. The first kappa shape index (κ1) is 35.0. The first-order valence-corrected chi connectivity index (χ1v) is 14.0. The van der Waals surface area contributed by atoms with Crippen LogP contribution in [0.1, 0.15) is 81.1 Å². The van der Waals surface area contributed by atoms with Crippen molar-refractivity contribution in [2.45, 2.75) is 93.2 Å². The molecule has 12 heteroatoms. The fourth-order valence-corrected chi connectivity index (χ4v) is 4.37. The summed E-state index contributed by atoms with van der Waals surface area (Å²) in [7, 11) is 0. The number of hydrogen-bond donors (Lipinski definition) is 4. The molecule has 40 heavy (non-hydrogen) atoms. The summed E-state index contributed by atoms with van der Waals surface area (Å²) < 4.78 is 5.50. The van der Waals surface area contributed by atoms with E-state index in [0.717, 1.165) is 0 Å². The highest BCUT2D eigenvalue weighted by Crippen LogP contribution is 2.35. The number of carbonyl (C=O) groups is 6. The number of nitrogens with one attached hydrogen (secondary N) is 3. The summed E-state index contributed by atoms with van der Waals surface area (Å²) in [5.41, 5.74) is 4.07. The van der Waals surface area contributed by atoms with E-state index >= 15 is 0 Å². The zero-order valence-electron chi connectivity index (χ0n) is 25.3. The highest BCUT2D eigenvalue weighted by atomic mass is 16.5. The molecule has 0 bridgehead atoms. The van der Waals surface area contributed by atoms with Gasteiger partial charge in [-0.2, -0.15) is 0 Å². The zero-order chi connectivity index (χ0) is 30.8. The summed E-state index contributed by atoms with van der Waals surface area (Å²) in [4.78, 5) is 75.6. The van der Waals surface area contributed by atoms with E-state index in [1.165, 1.54) is 4.90 Å². The number of primary amides is 1. The van der Waals surface area contributed by atoms with E-state index in [4.69, 9.17) is 10.5 Å². The maximum absolute atomic E-state index is 13.1. The number of amides is 6. The van der Waals surface area contributed by atoms with Crippen LogP contribution in [0.3, 0.4) is 0 Å². The molecule has 6 amide bonds. The van der Waals surface area contributed by atoms with E-state index < -0.39 is 35.3 Å². The van der Waals surface area contributed by atoms with E-state index in [2.05, 4.69) is 16.0 Å². The summed E-state index contributed by atoms with van der Waals surface area (Å²) in [5, 5.41) is 7.96. The number of urea groups is 1. The molecule has 228 valence electrons. The van der Waals surface area contributed by atoms with Gasteiger partial charge in [-0.15, -0.1) is 0 Å². The minimum absolute atomic E-state index is 0.0217. The van der Waals surface area contributed by atoms with Crippen LogP contribution in [0.15, 0.2) is 0 Å². The molecule has 3 unspecified atom stereocenters. The van der Waals surface area contributed by atoms with E-state index in [9.17, 15) is 28.8 Å². The van der Waals surface area contributed by atoms with E-state index in [1.54, 1.807) is 34.6 Å². The first-order valence-electron chi connectivity index (χ1n) is 14.0. The largest absolute Gasteiger partial charge is 0.379 e. The average Bonchev–Trinajstić information content (AvgIpc) is 3.11. The standard InChI is InChI=1S/C28H49N5O7/c1-17(2)22(24(37)31-19(23(36)28(6,7)8)10-9-12-30-26(29)39)32-20(34)11-14-40-15-13-33-21(35)16-18(25(33)38)27(3,4)5/h17-19,22H,9-16H2,1-8H3,(H,31,37)(H,32,34)(H3,29,30,39). The zero-order valence-corrected chi connectivity index (χ0v) is 25.3. The van der Waals surface area contributed by atoms with Crippen molar-refractivity contribution < 1.29 is 33.5 Å². The Kier molecular flexibility index (Phi) is 13.2. The van der Waals surface area contributed by atoms with Gasteiger partial charge in [0.25, 0.3) is 0 Å². The number of ketones is 1. The molecule has 1 saturated heterocycles. The molecule has 5 N–H and O–H groups in total. The van der Waals surface area contributed by atoms with Crippen LogP contribution < -0.4 is 21.7 Å². The Labute approximate surface area is 237 Å². The lowest BCUT2D eigenvalue weighted by molar-refractivity contribution is -0.141. The lowest BCUT2D eigenvalue weighted by Crippen LogP contribution is -2.55. The molecule has 12 nitrogen and oxygen atoms in total. The molecule has 0 radical (unpaired) electrons. The third-order valence-electron chi connectivity index (χ3n) is 6.83. The molecule has 0 aromatic carbocycles. The minimum atomic E-state index is -0.874. The lowest BCUT2D eigenvalue weighted by Gasteiger charge is -2.28. The Morgan fingerprint density at radius 3 is 2.15 bits per heavy atom. The molecule has 1 fully saturated rings. The Morgan fingerprint density at radius 2 is 1.65 bits per heavy atom. The molecule has 3 atom stereocenters. The molecule has 1 heterocycles. The topological polar surface area (TPSA) is 177 Å². The monoisotopic (exact) mass is 567 g/mol. The van der Waals surface area contributed by atoms with Gasteiger partial charge in [0.05, 0.1) is 31.7 Å². The van der Waals surface area contributed by atoms with Crippen LogP contribution in [-0.4, -0.2) is 78.7 Å². The highest BCUT2D eigenvalue weighted by molar-refractivity contribution is 6.03. The normalized spacial score (nSPS) is 17.5. The van der Waals surface area contributed by atoms with Crippen molar-refractivity contribution in [2.24, 2.45) is 28.4 Å². The molecule has 1 rings (SSSR count). The van der Waals surface area contributed by atoms with Gasteiger partial charge in [0, 0.05) is 24.8 Å². The second-order valence-corrected chi connectivity index (χ2v) is 12.8. The number of likely N-dealkylation sites (tertiary alicyclic amines) is 1. The van der Waals surface area contributed by atoms with Gasteiger partial charge in [-0.05, 0) is 24.2 Å². The molecule has 0 aromatic rings. The van der Waals surface area contributed by atoms with Crippen LogP contribution in [0.4, 0.5) is 4.79 Å². The van der Waals surface area contributed by atoms with Crippen LogP contribution in [0.25, 0.3) is 0 Å². The number of nitrogens with two attached hydrogens (primary N) is 1. The molecule has 1 aliphatic rings. The van der Waals surface area contributed by atoms with Crippen molar-refractivity contribution in [3.05, 3.63) is 0 Å². The minimum Gasteiger partial charge on any atom is -0.379 e. The summed E-state index contributed by atoms with van der Waals surface area (Å²) in [6, 6.07) is -2.33. The molecular weight excluding hydrogens is 518 g/mol. The Balaban J connectivity index is 2.61. The summed E-state index contributed by atoms with van der Waals surface area (Å²) in [6.45, 7) is 15.2. The molecule has 0 spiro atoms. The van der Waals surface area contributed by atoms with Crippen molar-refractivity contribution >= 4 is 35.4 Å². The number of imide groups is 1. The van der Waals surface area contributed by atoms with Gasteiger partial charge in [-0.25, -0.2) is 4.79 Å². The van der Waals surface area contributed by atoms with Gasteiger partial charge in [0.2, 0.25) is 23.6 Å². The van der Waals surface area contributed by atoms with Gasteiger partial charge < -0.3 is 26.4 Å². The van der Waals surface area contributed by atoms with Crippen molar-refractivity contribution in [3.8, 4) is 0 Å². The number of rotatable bonds is 15. The fourth-order valence-electron chi connectivity index (χ4n) is 4.37. The van der Waals surface area contributed by atoms with E-state index in [1.807, 2.05) is 20.8 Å². The SMILES string of the molecule is CC(C)C(NC(=O)CCOCCN1C(=O)CC(C(C)(C)C)C1=O)C(=O)NC(CCCNC(N)=O)C(=O)C(C)(C)C. The summed E-state index contributed by atoms with van der Waals surface area (Å²) in [6.07, 6.45) is 0.895. The lowest BCUT2D eigenvalue weighted by atomic mass is 9.80. The Morgan fingerprint density at radius 1 is 1.02 bits per heavy atom. The third-order valence-corrected chi connectivity index (χ3v) is 6.83. The number of Topliss-reactive ketones (excluding diaryl/α,β-unsaturated/α-hetero) is 1. The number of carbonyl (C=O) groups excluding carboxylic acids is 6. The van der Waals surface area contributed by atoms with Crippen LogP contribution in [-0.2, 0) is 28.7 Å². The maximum Gasteiger partial charge on any atom is 0.312 e.